The van der Waals surface area contributed by atoms with Gasteiger partial charge in [0.05, 0.1) is 11.1 Å². The fraction of sp³-hybridized carbons (Fsp3) is 0.545. The molecule has 1 aromatic heterocycles. The Morgan fingerprint density at radius 1 is 0.964 bits per heavy atom. The monoisotopic (exact) mass is 377 g/mol. The molecule has 6 heteroatoms. The molecule has 2 heterocycles. The maximum Gasteiger partial charge on any atom is 0.261 e. The van der Waals surface area contributed by atoms with Gasteiger partial charge in [0.25, 0.3) is 11.8 Å². The van der Waals surface area contributed by atoms with Gasteiger partial charge in [0, 0.05) is 17.9 Å². The van der Waals surface area contributed by atoms with Crippen LogP contribution in [-0.2, 0) is 5.41 Å². The van der Waals surface area contributed by atoms with Crippen molar-refractivity contribution in [2.45, 2.75) is 62.7 Å². The van der Waals surface area contributed by atoms with Crippen LogP contribution in [0.5, 0.6) is 0 Å². The molecule has 4 aliphatic carbocycles. The van der Waals surface area contributed by atoms with E-state index in [2.05, 4.69) is 5.16 Å². The van der Waals surface area contributed by atoms with Gasteiger partial charge in [-0.05, 0) is 68.9 Å². The summed E-state index contributed by atoms with van der Waals surface area (Å²) in [4.78, 5) is 31.8. The molecule has 2 aromatic rings. The molecule has 0 unspecified atom stereocenters. The average molecular weight is 377 g/mol. The second-order valence-electron chi connectivity index (χ2n) is 9.25. The summed E-state index contributed by atoms with van der Waals surface area (Å²) in [5.74, 6) is 1.95. The number of carbonyl (C=O) groups is 2. The summed E-state index contributed by atoms with van der Waals surface area (Å²) in [6.45, 7) is 0.534. The normalized spacial score (nSPS) is 31.5. The van der Waals surface area contributed by atoms with E-state index >= 15 is 0 Å². The van der Waals surface area contributed by atoms with Crippen molar-refractivity contribution in [3.05, 3.63) is 47.1 Å². The van der Waals surface area contributed by atoms with Gasteiger partial charge in [0.15, 0.2) is 5.82 Å². The fourth-order valence-corrected chi connectivity index (χ4v) is 5.50. The van der Waals surface area contributed by atoms with Crippen LogP contribution >= 0.6 is 0 Å². The number of fused-ring (bicyclic) bond motifs is 4. The van der Waals surface area contributed by atoms with Gasteiger partial charge in [0.2, 0.25) is 5.89 Å². The minimum atomic E-state index is -0.136. The summed E-state index contributed by atoms with van der Waals surface area (Å²) in [5, 5.41) is 4.22. The van der Waals surface area contributed by atoms with Crippen molar-refractivity contribution in [2.24, 2.45) is 5.41 Å². The van der Waals surface area contributed by atoms with Gasteiger partial charge in [-0.3, -0.25) is 14.5 Å². The fourth-order valence-electron chi connectivity index (χ4n) is 5.50. The van der Waals surface area contributed by atoms with Crippen LogP contribution in [0, 0.1) is 5.41 Å². The first-order valence-electron chi connectivity index (χ1n) is 10.4. The third kappa shape index (κ3) is 2.26. The first kappa shape index (κ1) is 16.5. The van der Waals surface area contributed by atoms with Crippen molar-refractivity contribution in [3.8, 4) is 0 Å². The van der Waals surface area contributed by atoms with E-state index in [1.807, 2.05) is 12.1 Å². The number of hydrogen-bond acceptors (Lipinski definition) is 5. The number of aromatic nitrogens is 2. The number of imide groups is 1. The Morgan fingerprint density at radius 3 is 2.14 bits per heavy atom. The highest BCUT2D eigenvalue weighted by Crippen LogP contribution is 2.58. The lowest BCUT2D eigenvalue weighted by atomic mass is 9.53. The van der Waals surface area contributed by atoms with Crippen LogP contribution in [0.4, 0.5) is 0 Å². The quantitative estimate of drug-likeness (QED) is 0.757. The highest BCUT2D eigenvalue weighted by molar-refractivity contribution is 6.21. The van der Waals surface area contributed by atoms with Gasteiger partial charge in [-0.15, -0.1) is 0 Å². The van der Waals surface area contributed by atoms with Gasteiger partial charge >= 0.3 is 0 Å². The minimum absolute atomic E-state index is 0.00385. The zero-order valence-corrected chi connectivity index (χ0v) is 15.8. The SMILES string of the molecule is O=C1c2ccccc2C(=O)N1CC12CCC(c3nc(C4CC4)no3)(CC1)CC2. The topological polar surface area (TPSA) is 76.3 Å². The first-order chi connectivity index (χ1) is 13.6. The molecule has 0 spiro atoms. The van der Waals surface area contributed by atoms with Crippen LogP contribution in [0.3, 0.4) is 0 Å². The largest absolute Gasteiger partial charge is 0.339 e. The maximum atomic E-state index is 12.8. The van der Waals surface area contributed by atoms with Crippen molar-refractivity contribution >= 4 is 11.8 Å². The van der Waals surface area contributed by atoms with Crippen LogP contribution in [0.25, 0.3) is 0 Å². The molecule has 6 nitrogen and oxygen atoms in total. The number of nitrogens with zero attached hydrogens (tertiary/aromatic N) is 3. The predicted octanol–water partition coefficient (Wildman–Crippen LogP) is 3.84. The Hall–Kier alpha value is -2.50. The van der Waals surface area contributed by atoms with Crippen LogP contribution in [0.1, 0.15) is 89.7 Å². The molecule has 1 aliphatic heterocycles. The second-order valence-corrected chi connectivity index (χ2v) is 9.25. The van der Waals surface area contributed by atoms with E-state index < -0.39 is 0 Å². The van der Waals surface area contributed by atoms with E-state index in [0.717, 1.165) is 50.2 Å². The molecule has 4 fully saturated rings. The highest BCUT2D eigenvalue weighted by Gasteiger charge is 2.54. The molecule has 7 rings (SSSR count). The van der Waals surface area contributed by atoms with Crippen LogP contribution in [0.15, 0.2) is 28.8 Å². The Balaban J connectivity index is 1.21. The number of benzene rings is 1. The molecule has 0 radical (unpaired) electrons. The summed E-state index contributed by atoms with van der Waals surface area (Å²) >= 11 is 0. The number of amides is 2. The van der Waals surface area contributed by atoms with Crippen molar-refractivity contribution < 1.29 is 14.1 Å². The molecule has 0 atom stereocenters. The van der Waals surface area contributed by atoms with E-state index in [-0.39, 0.29) is 22.6 Å². The number of hydrogen-bond donors (Lipinski definition) is 0. The molecular weight excluding hydrogens is 354 g/mol. The van der Waals surface area contributed by atoms with Crippen molar-refractivity contribution in [2.75, 3.05) is 6.54 Å². The van der Waals surface area contributed by atoms with Gasteiger partial charge < -0.3 is 4.52 Å². The molecule has 4 saturated carbocycles. The minimum Gasteiger partial charge on any atom is -0.339 e. The lowest BCUT2D eigenvalue weighted by Gasteiger charge is -2.52. The average Bonchev–Trinajstić information content (AvgIpc) is 3.43. The Bertz CT molecular complexity index is 931. The molecule has 1 aromatic carbocycles. The Labute approximate surface area is 163 Å². The third-order valence-corrected chi connectivity index (χ3v) is 7.61. The summed E-state index contributed by atoms with van der Waals surface area (Å²) in [6, 6.07) is 7.16. The summed E-state index contributed by atoms with van der Waals surface area (Å²) in [6.07, 6.45) is 8.36. The highest BCUT2D eigenvalue weighted by atomic mass is 16.5. The number of rotatable bonds is 4. The molecular formula is C22H23N3O3. The van der Waals surface area contributed by atoms with E-state index in [4.69, 9.17) is 9.51 Å². The lowest BCUT2D eigenvalue weighted by molar-refractivity contribution is 0.00144. The Morgan fingerprint density at radius 2 is 1.57 bits per heavy atom. The lowest BCUT2D eigenvalue weighted by Crippen LogP contribution is -2.50. The third-order valence-electron chi connectivity index (χ3n) is 7.61. The van der Waals surface area contributed by atoms with E-state index in [1.54, 1.807) is 12.1 Å². The van der Waals surface area contributed by atoms with Gasteiger partial charge in [-0.25, -0.2) is 0 Å². The van der Waals surface area contributed by atoms with Gasteiger partial charge in [-0.2, -0.15) is 4.98 Å². The molecule has 2 bridgehead atoms. The van der Waals surface area contributed by atoms with Crippen LogP contribution in [-0.4, -0.2) is 33.4 Å². The smallest absolute Gasteiger partial charge is 0.261 e. The Kier molecular flexibility index (Phi) is 3.24. The van der Waals surface area contributed by atoms with Gasteiger partial charge in [-0.1, -0.05) is 17.3 Å². The second kappa shape index (κ2) is 5.52. The van der Waals surface area contributed by atoms with E-state index in [1.165, 1.54) is 17.7 Å². The molecule has 2 amide bonds. The molecule has 5 aliphatic rings. The predicted molar refractivity (Wildman–Crippen MR) is 99.9 cm³/mol. The number of carbonyl (C=O) groups excluding carboxylic acids is 2. The van der Waals surface area contributed by atoms with E-state index in [0.29, 0.717) is 23.6 Å². The standard InChI is InChI=1S/C22H23N3O3/c26-18-15-3-1-2-4-16(15)19(27)25(18)13-21-7-10-22(11-8-21,12-9-21)20-23-17(24-28-20)14-5-6-14/h1-4,14H,5-13H2. The van der Waals surface area contributed by atoms with Crippen molar-refractivity contribution in [1.29, 1.82) is 0 Å². The van der Waals surface area contributed by atoms with Gasteiger partial charge in [0.1, 0.15) is 0 Å². The first-order valence-corrected chi connectivity index (χ1v) is 10.4. The zero-order valence-electron chi connectivity index (χ0n) is 15.8. The van der Waals surface area contributed by atoms with Crippen molar-refractivity contribution in [1.82, 2.24) is 15.0 Å². The van der Waals surface area contributed by atoms with Crippen LogP contribution in [0.2, 0.25) is 0 Å². The molecule has 0 N–H and O–H groups in total. The maximum absolute atomic E-state index is 12.8. The van der Waals surface area contributed by atoms with Crippen molar-refractivity contribution in [3.63, 3.8) is 0 Å². The van der Waals surface area contributed by atoms with E-state index in [9.17, 15) is 9.59 Å². The summed E-state index contributed by atoms with van der Waals surface area (Å²) < 4.78 is 5.69. The molecule has 144 valence electrons. The summed E-state index contributed by atoms with van der Waals surface area (Å²) in [7, 11) is 0. The zero-order chi connectivity index (χ0) is 18.9. The molecule has 28 heavy (non-hydrogen) atoms. The molecule has 0 saturated heterocycles. The van der Waals surface area contributed by atoms with Crippen LogP contribution < -0.4 is 0 Å². The summed E-state index contributed by atoms with van der Waals surface area (Å²) in [5.41, 5.74) is 1.13.